The van der Waals surface area contributed by atoms with Crippen LogP contribution in [0, 0.1) is 0 Å². The molecule has 0 unspecified atom stereocenters. The lowest BCUT2D eigenvalue weighted by molar-refractivity contribution is 0.170. The number of alkyl halides is 1. The summed E-state index contributed by atoms with van der Waals surface area (Å²) in [5.74, 6) is 0. The second kappa shape index (κ2) is 7.50. The third-order valence-electron chi connectivity index (χ3n) is 1.41. The first-order chi connectivity index (χ1) is 5.65. The summed E-state index contributed by atoms with van der Waals surface area (Å²) in [5.41, 5.74) is 11.1. The van der Waals surface area contributed by atoms with E-state index in [-0.39, 0.29) is 31.4 Å². The number of hydrogen-bond donors (Lipinski definition) is 3. The molecule has 0 amide bonds. The van der Waals surface area contributed by atoms with E-state index in [1.165, 1.54) is 11.3 Å². The van der Waals surface area contributed by atoms with Gasteiger partial charge in [0.25, 0.3) is 0 Å². The van der Waals surface area contributed by atoms with Crippen LogP contribution in [0.4, 0.5) is 5.13 Å². The monoisotopic (exact) mass is 279 g/mol. The van der Waals surface area contributed by atoms with Crippen molar-refractivity contribution in [2.24, 2.45) is 5.73 Å². The molecule has 4 nitrogen and oxygen atoms in total. The van der Waals surface area contributed by atoms with Gasteiger partial charge in [-0.05, 0) is 0 Å². The van der Waals surface area contributed by atoms with Gasteiger partial charge in [-0.3, -0.25) is 0 Å². The number of anilines is 1. The van der Waals surface area contributed by atoms with Gasteiger partial charge in [0.05, 0.1) is 11.1 Å². The van der Waals surface area contributed by atoms with Gasteiger partial charge >= 0.3 is 0 Å². The van der Waals surface area contributed by atoms with Crippen LogP contribution in [0.2, 0.25) is 0 Å². The molecule has 0 fully saturated rings. The first-order valence-electron chi connectivity index (χ1n) is 3.38. The van der Waals surface area contributed by atoms with E-state index in [0.29, 0.717) is 10.8 Å². The molecule has 0 aliphatic carbocycles. The third kappa shape index (κ3) is 4.16. The van der Waals surface area contributed by atoms with Gasteiger partial charge in [0.1, 0.15) is 6.10 Å². The summed E-state index contributed by atoms with van der Waals surface area (Å²) in [7, 11) is 0. The van der Waals surface area contributed by atoms with Crippen LogP contribution < -0.4 is 11.5 Å². The van der Waals surface area contributed by atoms with E-state index in [9.17, 15) is 5.11 Å². The molecule has 0 saturated heterocycles. The molecular weight excluding hydrogens is 269 g/mol. The quantitative estimate of drug-likeness (QED) is 0.726. The number of aromatic nitrogens is 1. The number of nitrogens with zero attached hydrogens (tertiary/aromatic N) is 1. The van der Waals surface area contributed by atoms with Crippen LogP contribution in [0.1, 0.15) is 11.8 Å². The van der Waals surface area contributed by atoms with Crippen LogP contribution in [0.5, 0.6) is 0 Å². The van der Waals surface area contributed by atoms with Gasteiger partial charge in [-0.2, -0.15) is 0 Å². The Bertz CT molecular complexity index is 260. The average molecular weight is 281 g/mol. The number of thiazole rings is 1. The maximum atomic E-state index is 9.48. The Morgan fingerprint density at radius 3 is 2.50 bits per heavy atom. The van der Waals surface area contributed by atoms with Crippen molar-refractivity contribution in [3.63, 3.8) is 0 Å². The van der Waals surface area contributed by atoms with E-state index in [4.69, 9.17) is 23.1 Å². The Balaban J connectivity index is 0. The maximum Gasteiger partial charge on any atom is 0.180 e. The fraction of sp³-hybridized carbons (Fsp3) is 0.500. The van der Waals surface area contributed by atoms with Gasteiger partial charge in [0, 0.05) is 11.9 Å². The molecule has 0 radical (unpaired) electrons. The van der Waals surface area contributed by atoms with E-state index in [1.54, 1.807) is 5.38 Å². The Morgan fingerprint density at radius 1 is 1.57 bits per heavy atom. The second-order valence-corrected chi connectivity index (χ2v) is 3.76. The zero-order valence-electron chi connectivity index (χ0n) is 7.09. The molecule has 0 saturated carbocycles. The minimum atomic E-state index is -0.829. The largest absolute Gasteiger partial charge is 0.385 e. The Hall–Kier alpha value is 0.220. The Morgan fingerprint density at radius 2 is 2.14 bits per heavy atom. The number of halogens is 3. The summed E-state index contributed by atoms with van der Waals surface area (Å²) in [6, 6.07) is 0. The second-order valence-electron chi connectivity index (χ2n) is 2.31. The smallest absolute Gasteiger partial charge is 0.180 e. The highest BCUT2D eigenvalue weighted by Gasteiger charge is 2.19. The van der Waals surface area contributed by atoms with Gasteiger partial charge in [-0.25, -0.2) is 4.98 Å². The standard InChI is InChI=1S/C6H10ClN3OS.2ClH/c7-3(1-8)5(11)4-2-12-6(9)10-4;;/h2-3,5,11H,1,8H2,(H2,9,10);2*1H/t3-,5+;;/m0../s1. The van der Waals surface area contributed by atoms with E-state index in [0.717, 1.165) is 0 Å². The Kier molecular flexibility index (Phi) is 8.92. The number of nitrogen functional groups attached to an aromatic ring is 1. The summed E-state index contributed by atoms with van der Waals surface area (Å²) >= 11 is 6.98. The SMILES string of the molecule is Cl.Cl.NC[C@H](Cl)[C@@H](O)c1csc(N)n1. The van der Waals surface area contributed by atoms with Gasteiger partial charge in [0.2, 0.25) is 0 Å². The van der Waals surface area contributed by atoms with Crippen molar-refractivity contribution in [3.05, 3.63) is 11.1 Å². The zero-order valence-corrected chi connectivity index (χ0v) is 10.3. The summed E-state index contributed by atoms with van der Waals surface area (Å²) in [6.07, 6.45) is -0.829. The average Bonchev–Trinajstić information content (AvgIpc) is 2.49. The van der Waals surface area contributed by atoms with Crippen LogP contribution in [-0.2, 0) is 0 Å². The molecule has 14 heavy (non-hydrogen) atoms. The number of aliphatic hydroxyl groups is 1. The predicted molar refractivity (Wildman–Crippen MR) is 64.7 cm³/mol. The first-order valence-corrected chi connectivity index (χ1v) is 4.70. The van der Waals surface area contributed by atoms with E-state index >= 15 is 0 Å². The van der Waals surface area contributed by atoms with Crippen LogP contribution >= 0.6 is 47.8 Å². The van der Waals surface area contributed by atoms with Crippen molar-refractivity contribution in [1.29, 1.82) is 0 Å². The molecule has 1 aromatic rings. The zero-order chi connectivity index (χ0) is 9.14. The fourth-order valence-corrected chi connectivity index (χ4v) is 1.47. The molecule has 8 heteroatoms. The summed E-state index contributed by atoms with van der Waals surface area (Å²) < 4.78 is 0. The van der Waals surface area contributed by atoms with Crippen molar-refractivity contribution in [2.75, 3.05) is 12.3 Å². The van der Waals surface area contributed by atoms with Gasteiger partial charge in [-0.1, -0.05) is 0 Å². The highest BCUT2D eigenvalue weighted by atomic mass is 35.5. The van der Waals surface area contributed by atoms with Gasteiger partial charge in [-0.15, -0.1) is 47.8 Å². The minimum Gasteiger partial charge on any atom is -0.385 e. The van der Waals surface area contributed by atoms with E-state index in [2.05, 4.69) is 4.98 Å². The molecule has 0 spiro atoms. The molecule has 0 aliphatic rings. The van der Waals surface area contributed by atoms with Crippen molar-refractivity contribution in [1.82, 2.24) is 4.98 Å². The van der Waals surface area contributed by atoms with Crippen LogP contribution in [0.3, 0.4) is 0 Å². The topological polar surface area (TPSA) is 85.2 Å². The summed E-state index contributed by atoms with van der Waals surface area (Å²) in [5, 5.41) is 11.1. The molecule has 1 heterocycles. The highest BCUT2D eigenvalue weighted by Crippen LogP contribution is 2.22. The van der Waals surface area contributed by atoms with Crippen molar-refractivity contribution >= 4 is 52.9 Å². The summed E-state index contributed by atoms with van der Waals surface area (Å²) in [6.45, 7) is 0.208. The molecule has 2 atom stereocenters. The number of hydrogen-bond acceptors (Lipinski definition) is 5. The third-order valence-corrected chi connectivity index (χ3v) is 2.52. The molecule has 0 aromatic carbocycles. The van der Waals surface area contributed by atoms with Crippen molar-refractivity contribution in [3.8, 4) is 0 Å². The molecule has 1 rings (SSSR count). The molecular formula is C6H12Cl3N3OS. The molecule has 0 aliphatic heterocycles. The molecule has 5 N–H and O–H groups in total. The van der Waals surface area contributed by atoms with Gasteiger partial charge < -0.3 is 16.6 Å². The van der Waals surface area contributed by atoms with E-state index in [1.807, 2.05) is 0 Å². The van der Waals surface area contributed by atoms with E-state index < -0.39 is 11.5 Å². The normalized spacial score (nSPS) is 13.6. The highest BCUT2D eigenvalue weighted by molar-refractivity contribution is 7.13. The maximum absolute atomic E-state index is 9.48. The fourth-order valence-electron chi connectivity index (χ4n) is 0.751. The van der Waals surface area contributed by atoms with Crippen LogP contribution in [0.15, 0.2) is 5.38 Å². The number of rotatable bonds is 3. The van der Waals surface area contributed by atoms with Crippen LogP contribution in [-0.4, -0.2) is 22.0 Å². The lowest BCUT2D eigenvalue weighted by atomic mass is 10.2. The molecule has 1 aromatic heterocycles. The number of aliphatic hydroxyl groups excluding tert-OH is 1. The first kappa shape index (κ1) is 16.6. The van der Waals surface area contributed by atoms with Crippen molar-refractivity contribution < 1.29 is 5.11 Å². The van der Waals surface area contributed by atoms with Gasteiger partial charge in [0.15, 0.2) is 5.13 Å². The van der Waals surface area contributed by atoms with Crippen molar-refractivity contribution in [2.45, 2.75) is 11.5 Å². The lowest BCUT2D eigenvalue weighted by Gasteiger charge is -2.11. The lowest BCUT2D eigenvalue weighted by Crippen LogP contribution is -2.22. The molecule has 0 bridgehead atoms. The Labute approximate surface area is 103 Å². The molecule has 84 valence electrons. The minimum absolute atomic E-state index is 0. The summed E-state index contributed by atoms with van der Waals surface area (Å²) in [4.78, 5) is 3.89. The number of nitrogens with two attached hydrogens (primary N) is 2. The predicted octanol–water partition coefficient (Wildman–Crippen LogP) is 1.17. The van der Waals surface area contributed by atoms with Crippen LogP contribution in [0.25, 0.3) is 0 Å².